The number of carbonyl (C=O) groups excluding carboxylic acids is 2. The molecule has 1 spiro atoms. The van der Waals surface area contributed by atoms with Crippen molar-refractivity contribution in [1.29, 1.82) is 0 Å². The minimum atomic E-state index is -5.02. The summed E-state index contributed by atoms with van der Waals surface area (Å²) in [5, 5.41) is 15.7. The Hall–Kier alpha value is -4.52. The van der Waals surface area contributed by atoms with Crippen LogP contribution in [0.25, 0.3) is 0 Å². The van der Waals surface area contributed by atoms with Crippen LogP contribution in [-0.4, -0.2) is 58.2 Å². The predicted molar refractivity (Wildman–Crippen MR) is 169 cm³/mol. The molecule has 2 bridgehead atoms. The van der Waals surface area contributed by atoms with Gasteiger partial charge in [0.05, 0.1) is 5.56 Å². The van der Waals surface area contributed by atoms with Crippen LogP contribution in [0.5, 0.6) is 0 Å². The molecule has 4 unspecified atom stereocenters. The van der Waals surface area contributed by atoms with Gasteiger partial charge in [0, 0.05) is 48.3 Å². The van der Waals surface area contributed by atoms with Crippen LogP contribution in [0.4, 0.5) is 30.5 Å². The summed E-state index contributed by atoms with van der Waals surface area (Å²) in [7, 11) is 0. The van der Waals surface area contributed by atoms with Gasteiger partial charge in [-0.2, -0.15) is 13.2 Å². The van der Waals surface area contributed by atoms with E-state index in [0.717, 1.165) is 18.2 Å². The molecule has 1 aromatic heterocycles. The Morgan fingerprint density at radius 2 is 1.77 bits per heavy atom. The number of rotatable bonds is 6. The molecule has 3 heterocycles. The molecule has 2 aliphatic carbocycles. The molecule has 2 saturated carbocycles. The number of aliphatic carboxylic acids is 1. The number of carbonyl (C=O) groups is 3. The van der Waals surface area contributed by atoms with Crippen molar-refractivity contribution < 1.29 is 37.4 Å². The largest absolute Gasteiger partial charge is 0.479 e. The summed E-state index contributed by atoms with van der Waals surface area (Å²) >= 11 is 0. The first-order chi connectivity index (χ1) is 22.9. The zero-order chi connectivity index (χ0) is 33.8. The van der Waals surface area contributed by atoms with Crippen LogP contribution in [0.15, 0.2) is 54.7 Å². The molecule has 3 fully saturated rings. The Bertz CT molecular complexity index is 1760. The standard InChI is InChI=1S/C35H36F3N5O5/c1-20-13-21-15-23(14-20)34(17-21,31(46)47)42-30(45)25-18-39-32(41-28(25)35(36,37)38)43-19-33(9-11-48-12-10-33)26-16-24(7-8-27(26)43)40-29(44)22-5-3-2-4-6-22/h2-8,16,18,20-21,23H,9-15,17,19H2,1H3,(H,40,44)(H,42,45)(H,46,47). The number of fused-ring (bicyclic) bond motifs is 4. The van der Waals surface area contributed by atoms with E-state index in [4.69, 9.17) is 4.74 Å². The minimum absolute atomic E-state index is 0.0794. The van der Waals surface area contributed by atoms with E-state index in [1.54, 1.807) is 41.3 Å². The van der Waals surface area contributed by atoms with E-state index in [2.05, 4.69) is 20.6 Å². The summed E-state index contributed by atoms with van der Waals surface area (Å²) < 4.78 is 49.4. The maximum Gasteiger partial charge on any atom is 0.434 e. The van der Waals surface area contributed by atoms with Crippen molar-refractivity contribution in [1.82, 2.24) is 15.3 Å². The zero-order valence-corrected chi connectivity index (χ0v) is 26.3. The average molecular weight is 664 g/mol. The van der Waals surface area contributed by atoms with Crippen molar-refractivity contribution in [3.05, 3.63) is 77.1 Å². The molecule has 7 rings (SSSR count). The van der Waals surface area contributed by atoms with Gasteiger partial charge in [-0.1, -0.05) is 25.1 Å². The molecular weight excluding hydrogens is 627 g/mol. The number of hydrogen-bond donors (Lipinski definition) is 3. The fourth-order valence-electron chi connectivity index (χ4n) is 8.47. The Morgan fingerprint density at radius 1 is 1.02 bits per heavy atom. The molecular formula is C35H36F3N5O5. The minimum Gasteiger partial charge on any atom is -0.479 e. The number of halogens is 3. The summed E-state index contributed by atoms with van der Waals surface area (Å²) in [4.78, 5) is 48.8. The molecule has 2 aliphatic heterocycles. The van der Waals surface area contributed by atoms with E-state index in [9.17, 15) is 32.7 Å². The Kier molecular flexibility index (Phi) is 7.92. The summed E-state index contributed by atoms with van der Waals surface area (Å²) in [5.41, 5.74) is -1.94. The lowest BCUT2D eigenvalue weighted by Crippen LogP contribution is -2.57. The first kappa shape index (κ1) is 32.0. The van der Waals surface area contributed by atoms with Crippen molar-refractivity contribution in [2.45, 2.75) is 62.6 Å². The number of nitrogens with zero attached hydrogens (tertiary/aromatic N) is 3. The van der Waals surface area contributed by atoms with E-state index in [1.165, 1.54) is 0 Å². The highest BCUT2D eigenvalue weighted by Crippen LogP contribution is 2.52. The fourth-order valence-corrected chi connectivity index (χ4v) is 8.47. The molecule has 13 heteroatoms. The van der Waals surface area contributed by atoms with Crippen LogP contribution < -0.4 is 15.5 Å². The second kappa shape index (κ2) is 11.9. The van der Waals surface area contributed by atoms with Crippen molar-refractivity contribution in [3.8, 4) is 0 Å². The first-order valence-electron chi connectivity index (χ1n) is 16.2. The number of hydrogen-bond acceptors (Lipinski definition) is 7. The summed E-state index contributed by atoms with van der Waals surface area (Å²) in [5.74, 6) is -2.95. The summed E-state index contributed by atoms with van der Waals surface area (Å²) in [6.45, 7) is 3.20. The quantitative estimate of drug-likeness (QED) is 0.295. The number of carboxylic acid groups (broad SMARTS) is 1. The van der Waals surface area contributed by atoms with Gasteiger partial charge in [-0.05, 0) is 92.2 Å². The SMILES string of the molecule is CC1CC2CC(C1)C(NC(=O)c1cnc(N3CC4(CCOCC4)c4cc(NC(=O)c5ccccc5)ccc43)nc1C(F)(F)F)(C(=O)O)C2. The van der Waals surface area contributed by atoms with E-state index >= 15 is 0 Å². The molecule has 48 heavy (non-hydrogen) atoms. The average Bonchev–Trinajstić information content (AvgIpc) is 3.51. The molecule has 252 valence electrons. The van der Waals surface area contributed by atoms with Gasteiger partial charge < -0.3 is 25.4 Å². The molecule has 1 saturated heterocycles. The second-order valence-electron chi connectivity index (χ2n) is 13.8. The molecule has 4 aliphatic rings. The van der Waals surface area contributed by atoms with Crippen molar-refractivity contribution >= 4 is 35.1 Å². The van der Waals surface area contributed by atoms with Gasteiger partial charge in [0.2, 0.25) is 5.95 Å². The van der Waals surface area contributed by atoms with Crippen molar-refractivity contribution in [2.24, 2.45) is 17.8 Å². The lowest BCUT2D eigenvalue weighted by molar-refractivity contribution is -0.146. The monoisotopic (exact) mass is 663 g/mol. The van der Waals surface area contributed by atoms with E-state index in [0.29, 0.717) is 55.8 Å². The van der Waals surface area contributed by atoms with E-state index in [-0.39, 0.29) is 42.6 Å². The van der Waals surface area contributed by atoms with Crippen LogP contribution in [0.3, 0.4) is 0 Å². The molecule has 4 atom stereocenters. The second-order valence-corrected chi connectivity index (χ2v) is 13.8. The molecule has 10 nitrogen and oxygen atoms in total. The fraction of sp³-hybridized carbons (Fsp3) is 0.457. The number of alkyl halides is 3. The van der Waals surface area contributed by atoms with Gasteiger partial charge in [0.25, 0.3) is 11.8 Å². The first-order valence-corrected chi connectivity index (χ1v) is 16.2. The highest BCUT2D eigenvalue weighted by molar-refractivity contribution is 6.04. The van der Waals surface area contributed by atoms with Crippen LogP contribution in [0.1, 0.15) is 77.4 Å². The molecule has 3 aromatic rings. The summed E-state index contributed by atoms with van der Waals surface area (Å²) in [6.07, 6.45) is -0.810. The van der Waals surface area contributed by atoms with Crippen molar-refractivity contribution in [3.63, 3.8) is 0 Å². The molecule has 2 amide bonds. The third-order valence-electron chi connectivity index (χ3n) is 10.7. The van der Waals surface area contributed by atoms with Crippen LogP contribution in [0, 0.1) is 17.8 Å². The molecule has 0 radical (unpaired) electrons. The van der Waals surface area contributed by atoms with Gasteiger partial charge in [-0.25, -0.2) is 14.8 Å². The number of benzene rings is 2. The van der Waals surface area contributed by atoms with Gasteiger partial charge in [-0.3, -0.25) is 9.59 Å². The van der Waals surface area contributed by atoms with Crippen LogP contribution in [-0.2, 0) is 21.1 Å². The predicted octanol–water partition coefficient (Wildman–Crippen LogP) is 5.96. The highest BCUT2D eigenvalue weighted by atomic mass is 19.4. The normalized spacial score (nSPS) is 25.8. The number of carboxylic acids is 1. The Morgan fingerprint density at radius 3 is 2.48 bits per heavy atom. The number of nitrogens with one attached hydrogen (secondary N) is 2. The zero-order valence-electron chi connectivity index (χ0n) is 26.3. The van der Waals surface area contributed by atoms with E-state index in [1.807, 2.05) is 19.1 Å². The van der Waals surface area contributed by atoms with E-state index < -0.39 is 40.3 Å². The summed E-state index contributed by atoms with van der Waals surface area (Å²) in [6, 6.07) is 14.0. The van der Waals surface area contributed by atoms with Crippen LogP contribution in [0.2, 0.25) is 0 Å². The highest BCUT2D eigenvalue weighted by Gasteiger charge is 2.57. The number of aromatic nitrogens is 2. The number of ether oxygens (including phenoxy) is 1. The lowest BCUT2D eigenvalue weighted by Gasteiger charge is -2.34. The maximum atomic E-state index is 14.6. The van der Waals surface area contributed by atoms with Gasteiger partial charge in [0.15, 0.2) is 5.69 Å². The molecule has 2 aromatic carbocycles. The smallest absolute Gasteiger partial charge is 0.434 e. The Labute approximate surface area is 275 Å². The number of anilines is 3. The topological polar surface area (TPSA) is 134 Å². The van der Waals surface area contributed by atoms with Crippen molar-refractivity contribution in [2.75, 3.05) is 30.0 Å². The van der Waals surface area contributed by atoms with Gasteiger partial charge in [-0.15, -0.1) is 0 Å². The third kappa shape index (κ3) is 5.57. The lowest BCUT2D eigenvalue weighted by atomic mass is 9.76. The third-order valence-corrected chi connectivity index (χ3v) is 10.7. The Balaban J connectivity index is 1.22. The van der Waals surface area contributed by atoms with Gasteiger partial charge in [0.1, 0.15) is 5.54 Å². The maximum absolute atomic E-state index is 14.6. The molecule has 3 N–H and O–H groups in total. The van der Waals surface area contributed by atoms with Gasteiger partial charge >= 0.3 is 12.1 Å². The number of amides is 2. The van der Waals surface area contributed by atoms with Crippen LogP contribution >= 0.6 is 0 Å².